The lowest BCUT2D eigenvalue weighted by Crippen LogP contribution is -2.26. The van der Waals surface area contributed by atoms with Crippen molar-refractivity contribution >= 4 is 21.6 Å². The molecule has 2 aromatic rings. The topological polar surface area (TPSA) is 46.9 Å². The number of aromatic nitrogens is 2. The normalized spacial score (nSPS) is 10.7. The SMILES string of the molecule is CC(C)n1ncc(NCc2ccccc2)c(Br)c1=O. The molecule has 0 bridgehead atoms. The van der Waals surface area contributed by atoms with Crippen LogP contribution >= 0.6 is 15.9 Å². The predicted molar refractivity (Wildman–Crippen MR) is 80.4 cm³/mol. The maximum absolute atomic E-state index is 12.1. The molecule has 19 heavy (non-hydrogen) atoms. The number of anilines is 1. The fourth-order valence-electron chi connectivity index (χ4n) is 1.73. The van der Waals surface area contributed by atoms with Gasteiger partial charge in [-0.2, -0.15) is 5.10 Å². The lowest BCUT2D eigenvalue weighted by atomic mass is 10.2. The van der Waals surface area contributed by atoms with Crippen molar-refractivity contribution in [2.45, 2.75) is 26.4 Å². The standard InChI is InChI=1S/C14H16BrN3O/c1-10(2)18-14(19)13(15)12(9-17-18)16-8-11-6-4-3-5-7-11/h3-7,9-10,16H,8H2,1-2H3. The van der Waals surface area contributed by atoms with E-state index in [4.69, 9.17) is 0 Å². The maximum Gasteiger partial charge on any atom is 0.283 e. The summed E-state index contributed by atoms with van der Waals surface area (Å²) in [5.74, 6) is 0. The van der Waals surface area contributed by atoms with Gasteiger partial charge in [0.2, 0.25) is 0 Å². The van der Waals surface area contributed by atoms with Crippen LogP contribution in [-0.2, 0) is 6.54 Å². The Balaban J connectivity index is 2.18. The van der Waals surface area contributed by atoms with Crippen LogP contribution in [0.1, 0.15) is 25.5 Å². The van der Waals surface area contributed by atoms with E-state index >= 15 is 0 Å². The third-order valence-electron chi connectivity index (χ3n) is 2.76. The van der Waals surface area contributed by atoms with E-state index < -0.39 is 0 Å². The Morgan fingerprint density at radius 1 is 1.32 bits per heavy atom. The molecule has 4 nitrogen and oxygen atoms in total. The molecular formula is C14H16BrN3O. The molecule has 2 rings (SSSR count). The number of hydrogen-bond donors (Lipinski definition) is 1. The molecule has 0 spiro atoms. The molecule has 1 heterocycles. The number of hydrogen-bond acceptors (Lipinski definition) is 3. The van der Waals surface area contributed by atoms with Crippen molar-refractivity contribution in [2.24, 2.45) is 0 Å². The van der Waals surface area contributed by atoms with Crippen LogP contribution < -0.4 is 10.9 Å². The molecular weight excluding hydrogens is 306 g/mol. The molecule has 1 aromatic heterocycles. The van der Waals surface area contributed by atoms with E-state index in [2.05, 4.69) is 26.3 Å². The Labute approximate surface area is 120 Å². The first kappa shape index (κ1) is 13.8. The molecule has 0 saturated carbocycles. The smallest absolute Gasteiger partial charge is 0.283 e. The molecule has 0 aliphatic carbocycles. The minimum absolute atomic E-state index is 0.0481. The van der Waals surface area contributed by atoms with Crippen LogP contribution in [0, 0.1) is 0 Å². The molecule has 100 valence electrons. The van der Waals surface area contributed by atoms with Crippen molar-refractivity contribution in [1.29, 1.82) is 0 Å². The predicted octanol–water partition coefficient (Wildman–Crippen LogP) is 3.20. The Hall–Kier alpha value is -1.62. The third kappa shape index (κ3) is 3.23. The minimum atomic E-state index is -0.118. The van der Waals surface area contributed by atoms with E-state index in [1.807, 2.05) is 44.2 Å². The van der Waals surface area contributed by atoms with Crippen molar-refractivity contribution < 1.29 is 0 Å². The van der Waals surface area contributed by atoms with Gasteiger partial charge in [0, 0.05) is 6.54 Å². The summed E-state index contributed by atoms with van der Waals surface area (Å²) in [6.07, 6.45) is 1.68. The number of nitrogens with zero attached hydrogens (tertiary/aromatic N) is 2. The van der Waals surface area contributed by atoms with Gasteiger partial charge in [-0.25, -0.2) is 4.68 Å². The number of nitrogens with one attached hydrogen (secondary N) is 1. The Morgan fingerprint density at radius 2 is 2.00 bits per heavy atom. The second-order valence-corrected chi connectivity index (χ2v) is 5.35. The average molecular weight is 322 g/mol. The molecule has 0 atom stereocenters. The molecule has 0 fully saturated rings. The summed E-state index contributed by atoms with van der Waals surface area (Å²) < 4.78 is 1.98. The van der Waals surface area contributed by atoms with Crippen LogP contribution in [0.25, 0.3) is 0 Å². The van der Waals surface area contributed by atoms with Crippen molar-refractivity contribution in [3.63, 3.8) is 0 Å². The largest absolute Gasteiger partial charge is 0.379 e. The van der Waals surface area contributed by atoms with Crippen molar-refractivity contribution in [3.8, 4) is 0 Å². The Kier molecular flexibility index (Phi) is 4.37. The monoisotopic (exact) mass is 321 g/mol. The molecule has 1 N–H and O–H groups in total. The van der Waals surface area contributed by atoms with Gasteiger partial charge in [0.1, 0.15) is 4.47 Å². The fourth-order valence-corrected chi connectivity index (χ4v) is 2.15. The zero-order chi connectivity index (χ0) is 13.8. The molecule has 5 heteroatoms. The second-order valence-electron chi connectivity index (χ2n) is 4.55. The quantitative estimate of drug-likeness (QED) is 0.940. The molecule has 0 aliphatic rings. The second kappa shape index (κ2) is 6.02. The van der Waals surface area contributed by atoms with Gasteiger partial charge in [-0.15, -0.1) is 0 Å². The summed E-state index contributed by atoms with van der Waals surface area (Å²) in [6, 6.07) is 10.1. The highest BCUT2D eigenvalue weighted by Crippen LogP contribution is 2.18. The van der Waals surface area contributed by atoms with Crippen LogP contribution in [0.4, 0.5) is 5.69 Å². The molecule has 0 unspecified atom stereocenters. The zero-order valence-corrected chi connectivity index (χ0v) is 12.5. The third-order valence-corrected chi connectivity index (χ3v) is 3.52. The van der Waals surface area contributed by atoms with Gasteiger partial charge in [-0.1, -0.05) is 30.3 Å². The lowest BCUT2D eigenvalue weighted by molar-refractivity contribution is 0.501. The summed E-state index contributed by atoms with van der Waals surface area (Å²) in [5, 5.41) is 7.38. The van der Waals surface area contributed by atoms with E-state index in [-0.39, 0.29) is 11.6 Å². The van der Waals surface area contributed by atoms with Gasteiger partial charge in [0.15, 0.2) is 0 Å². The minimum Gasteiger partial charge on any atom is -0.379 e. The zero-order valence-electron chi connectivity index (χ0n) is 10.9. The van der Waals surface area contributed by atoms with Gasteiger partial charge in [0.05, 0.1) is 17.9 Å². The Morgan fingerprint density at radius 3 is 2.63 bits per heavy atom. The highest BCUT2D eigenvalue weighted by molar-refractivity contribution is 9.10. The van der Waals surface area contributed by atoms with Gasteiger partial charge in [-0.05, 0) is 35.3 Å². The van der Waals surface area contributed by atoms with E-state index in [0.29, 0.717) is 16.7 Å². The van der Waals surface area contributed by atoms with E-state index in [0.717, 1.165) is 5.56 Å². The fraction of sp³-hybridized carbons (Fsp3) is 0.286. The average Bonchev–Trinajstić information content (AvgIpc) is 2.41. The van der Waals surface area contributed by atoms with Crippen LogP contribution in [0.3, 0.4) is 0 Å². The highest BCUT2D eigenvalue weighted by atomic mass is 79.9. The van der Waals surface area contributed by atoms with Crippen LogP contribution in [-0.4, -0.2) is 9.78 Å². The number of benzene rings is 1. The molecule has 0 amide bonds. The lowest BCUT2D eigenvalue weighted by Gasteiger charge is -2.12. The molecule has 1 aromatic carbocycles. The summed E-state index contributed by atoms with van der Waals surface area (Å²) in [5.41, 5.74) is 1.75. The van der Waals surface area contributed by atoms with Crippen molar-refractivity contribution in [3.05, 3.63) is 56.9 Å². The van der Waals surface area contributed by atoms with Crippen molar-refractivity contribution in [2.75, 3.05) is 5.32 Å². The van der Waals surface area contributed by atoms with Crippen LogP contribution in [0.15, 0.2) is 45.8 Å². The molecule has 0 aliphatic heterocycles. The summed E-state index contributed by atoms with van der Waals surface area (Å²) in [6.45, 7) is 4.52. The van der Waals surface area contributed by atoms with Gasteiger partial charge in [0.25, 0.3) is 5.56 Å². The Bertz CT molecular complexity index is 608. The van der Waals surface area contributed by atoms with E-state index in [1.165, 1.54) is 4.68 Å². The van der Waals surface area contributed by atoms with Crippen molar-refractivity contribution in [1.82, 2.24) is 9.78 Å². The number of halogens is 1. The van der Waals surface area contributed by atoms with Crippen LogP contribution in [0.2, 0.25) is 0 Å². The summed E-state index contributed by atoms with van der Waals surface area (Å²) in [7, 11) is 0. The van der Waals surface area contributed by atoms with Gasteiger partial charge >= 0.3 is 0 Å². The first-order valence-corrected chi connectivity index (χ1v) is 6.94. The van der Waals surface area contributed by atoms with Crippen LogP contribution in [0.5, 0.6) is 0 Å². The van der Waals surface area contributed by atoms with Gasteiger partial charge in [-0.3, -0.25) is 4.79 Å². The molecule has 0 saturated heterocycles. The highest BCUT2D eigenvalue weighted by Gasteiger charge is 2.10. The van der Waals surface area contributed by atoms with E-state index in [9.17, 15) is 4.79 Å². The van der Waals surface area contributed by atoms with E-state index in [1.54, 1.807) is 6.20 Å². The maximum atomic E-state index is 12.1. The summed E-state index contributed by atoms with van der Waals surface area (Å²) >= 11 is 3.34. The molecule has 0 radical (unpaired) electrons. The number of rotatable bonds is 4. The van der Waals surface area contributed by atoms with Gasteiger partial charge < -0.3 is 5.32 Å². The first-order valence-electron chi connectivity index (χ1n) is 6.14. The first-order chi connectivity index (χ1) is 9.09. The summed E-state index contributed by atoms with van der Waals surface area (Å²) in [4.78, 5) is 12.1.